The van der Waals surface area contributed by atoms with Gasteiger partial charge in [0.15, 0.2) is 0 Å². The normalized spacial score (nSPS) is 19.6. The number of nitrogens with zero attached hydrogens (tertiary/aromatic N) is 1. The van der Waals surface area contributed by atoms with E-state index in [0.29, 0.717) is 31.6 Å². The molecule has 2 atom stereocenters. The summed E-state index contributed by atoms with van der Waals surface area (Å²) in [7, 11) is 0. The minimum Gasteiger partial charge on any atom is -0.383 e. The molecule has 0 radical (unpaired) electrons. The van der Waals surface area contributed by atoms with Gasteiger partial charge in [0.2, 0.25) is 11.8 Å². The second-order valence-corrected chi connectivity index (χ2v) is 8.39. The largest absolute Gasteiger partial charge is 0.383 e. The number of thioether (sulfide) groups is 1. The number of carbonyl (C=O) groups excluding carboxylic acids is 3. The number of aliphatic hydroxyl groups is 1. The molecular formula is C21H27N3O4S. The number of benzene rings is 1. The number of carbonyl (C=O) groups is 3. The van der Waals surface area contributed by atoms with Gasteiger partial charge in [0.25, 0.3) is 5.91 Å². The molecule has 0 aromatic heterocycles. The van der Waals surface area contributed by atoms with Gasteiger partial charge in [-0.15, -0.1) is 11.8 Å². The van der Waals surface area contributed by atoms with Gasteiger partial charge in [-0.05, 0) is 42.7 Å². The van der Waals surface area contributed by atoms with Gasteiger partial charge in [-0.1, -0.05) is 24.3 Å². The van der Waals surface area contributed by atoms with E-state index in [-0.39, 0.29) is 18.2 Å². The minimum atomic E-state index is -1.44. The highest BCUT2D eigenvalue weighted by Crippen LogP contribution is 2.26. The van der Waals surface area contributed by atoms with Crippen LogP contribution in [-0.2, 0) is 14.4 Å². The van der Waals surface area contributed by atoms with Crippen LogP contribution in [0.4, 0.5) is 5.69 Å². The van der Waals surface area contributed by atoms with Crippen LogP contribution in [0, 0.1) is 0 Å². The van der Waals surface area contributed by atoms with Crippen LogP contribution in [0.25, 0.3) is 0 Å². The zero-order valence-corrected chi connectivity index (χ0v) is 17.1. The van der Waals surface area contributed by atoms with Crippen LogP contribution in [0.15, 0.2) is 41.3 Å². The number of nitrogens with one attached hydrogen (secondary N) is 2. The van der Waals surface area contributed by atoms with E-state index < -0.39 is 18.1 Å². The Kier molecular flexibility index (Phi) is 7.71. The van der Waals surface area contributed by atoms with Crippen molar-refractivity contribution in [2.75, 3.05) is 24.2 Å². The van der Waals surface area contributed by atoms with Gasteiger partial charge in [-0.25, -0.2) is 0 Å². The number of rotatable bonds is 8. The van der Waals surface area contributed by atoms with E-state index in [0.717, 1.165) is 18.6 Å². The zero-order chi connectivity index (χ0) is 20.6. The standard InChI is InChI=1S/C21H27N3O4S/c25-18(14-19(26)22-11-10-16-8-5-13-29-16)21(28)24-12-4-9-17(24)20(27)23-15-6-2-1-3-7-15/h1-3,6-8,17-18,25H,4-5,9-14H2,(H,22,26)(H,23,27)/t17-,18+/m0/s1. The van der Waals surface area contributed by atoms with Crippen LogP contribution in [0.5, 0.6) is 0 Å². The highest BCUT2D eigenvalue weighted by atomic mass is 32.2. The van der Waals surface area contributed by atoms with Crippen molar-refractivity contribution in [3.63, 3.8) is 0 Å². The molecule has 2 heterocycles. The van der Waals surface area contributed by atoms with Gasteiger partial charge in [-0.3, -0.25) is 14.4 Å². The van der Waals surface area contributed by atoms with Crippen LogP contribution in [0.2, 0.25) is 0 Å². The smallest absolute Gasteiger partial charge is 0.252 e. The lowest BCUT2D eigenvalue weighted by Crippen LogP contribution is -2.48. The van der Waals surface area contributed by atoms with Crippen molar-refractivity contribution < 1.29 is 19.5 Å². The van der Waals surface area contributed by atoms with E-state index in [2.05, 4.69) is 16.7 Å². The van der Waals surface area contributed by atoms with Crippen molar-refractivity contribution in [3.05, 3.63) is 41.3 Å². The molecular weight excluding hydrogens is 390 g/mol. The van der Waals surface area contributed by atoms with Crippen molar-refractivity contribution >= 4 is 35.2 Å². The Morgan fingerprint density at radius 2 is 2.03 bits per heavy atom. The molecule has 1 fully saturated rings. The Balaban J connectivity index is 1.47. The first-order valence-corrected chi connectivity index (χ1v) is 11.0. The number of allylic oxidation sites excluding steroid dienone is 1. The maximum Gasteiger partial charge on any atom is 0.252 e. The number of hydrogen-bond donors (Lipinski definition) is 3. The van der Waals surface area contributed by atoms with Crippen molar-refractivity contribution in [2.45, 2.75) is 44.2 Å². The highest BCUT2D eigenvalue weighted by Gasteiger charge is 2.37. The average molecular weight is 418 g/mol. The molecule has 3 rings (SSSR count). The number of aliphatic hydroxyl groups excluding tert-OH is 1. The van der Waals surface area contributed by atoms with E-state index in [4.69, 9.17) is 0 Å². The third-order valence-corrected chi connectivity index (χ3v) is 6.20. The quantitative estimate of drug-likeness (QED) is 0.600. The summed E-state index contributed by atoms with van der Waals surface area (Å²) >= 11 is 1.79. The minimum absolute atomic E-state index is 0.277. The molecule has 8 heteroatoms. The van der Waals surface area contributed by atoms with Gasteiger partial charge >= 0.3 is 0 Å². The molecule has 0 unspecified atom stereocenters. The summed E-state index contributed by atoms with van der Waals surface area (Å²) in [4.78, 5) is 39.9. The van der Waals surface area contributed by atoms with Crippen molar-refractivity contribution in [3.8, 4) is 0 Å². The second kappa shape index (κ2) is 10.5. The maximum atomic E-state index is 12.6. The molecule has 3 amide bonds. The Morgan fingerprint density at radius 1 is 1.24 bits per heavy atom. The highest BCUT2D eigenvalue weighted by molar-refractivity contribution is 8.03. The topological polar surface area (TPSA) is 98.7 Å². The molecule has 0 bridgehead atoms. The SMILES string of the molecule is O=C(C[C@@H](O)C(=O)N1CCC[C@H]1C(=O)Nc1ccccc1)NCCC1=CCCS1. The summed E-state index contributed by atoms with van der Waals surface area (Å²) in [5.74, 6) is -0.120. The summed E-state index contributed by atoms with van der Waals surface area (Å²) < 4.78 is 0. The van der Waals surface area contributed by atoms with Crippen molar-refractivity contribution in [2.24, 2.45) is 0 Å². The van der Waals surface area contributed by atoms with E-state index >= 15 is 0 Å². The van der Waals surface area contributed by atoms with Gasteiger partial charge < -0.3 is 20.6 Å². The fraction of sp³-hybridized carbons (Fsp3) is 0.476. The first-order valence-electron chi connectivity index (χ1n) is 9.97. The molecule has 1 aromatic rings. The lowest BCUT2D eigenvalue weighted by molar-refractivity contribution is -0.146. The summed E-state index contributed by atoms with van der Waals surface area (Å²) in [6.07, 6.45) is 3.49. The Morgan fingerprint density at radius 3 is 2.76 bits per heavy atom. The third-order valence-electron chi connectivity index (χ3n) is 5.01. The molecule has 3 N–H and O–H groups in total. The van der Waals surface area contributed by atoms with Gasteiger partial charge in [0.05, 0.1) is 6.42 Å². The second-order valence-electron chi connectivity index (χ2n) is 7.17. The fourth-order valence-corrected chi connectivity index (χ4v) is 4.52. The van der Waals surface area contributed by atoms with E-state index in [9.17, 15) is 19.5 Å². The van der Waals surface area contributed by atoms with Gasteiger partial charge in [0.1, 0.15) is 12.1 Å². The molecule has 7 nitrogen and oxygen atoms in total. The van der Waals surface area contributed by atoms with E-state index in [1.807, 2.05) is 18.2 Å². The lowest BCUT2D eigenvalue weighted by Gasteiger charge is -2.26. The monoisotopic (exact) mass is 417 g/mol. The molecule has 2 aliphatic rings. The zero-order valence-electron chi connectivity index (χ0n) is 16.3. The summed E-state index contributed by atoms with van der Waals surface area (Å²) in [6.45, 7) is 0.889. The molecule has 2 aliphatic heterocycles. The number of hydrogen-bond acceptors (Lipinski definition) is 5. The molecule has 1 saturated heterocycles. The van der Waals surface area contributed by atoms with Gasteiger partial charge in [-0.2, -0.15) is 0 Å². The first kappa shape index (κ1) is 21.4. The Labute approximate surface area is 174 Å². The van der Waals surface area contributed by atoms with Gasteiger partial charge in [0, 0.05) is 24.5 Å². The summed E-state index contributed by atoms with van der Waals surface area (Å²) in [5, 5.41) is 15.8. The molecule has 156 valence electrons. The van der Waals surface area contributed by atoms with Crippen molar-refractivity contribution in [1.29, 1.82) is 0 Å². The number of likely N-dealkylation sites (tertiary alicyclic amines) is 1. The summed E-state index contributed by atoms with van der Waals surface area (Å²) in [5.41, 5.74) is 0.660. The molecule has 0 spiro atoms. The predicted molar refractivity (Wildman–Crippen MR) is 113 cm³/mol. The third kappa shape index (κ3) is 6.08. The van der Waals surface area contributed by atoms with E-state index in [1.54, 1.807) is 23.9 Å². The average Bonchev–Trinajstić information content (AvgIpc) is 3.40. The Bertz CT molecular complexity index is 768. The summed E-state index contributed by atoms with van der Waals surface area (Å²) in [6, 6.07) is 8.41. The predicted octanol–water partition coefficient (Wildman–Crippen LogP) is 1.89. The van der Waals surface area contributed by atoms with Crippen LogP contribution in [0.3, 0.4) is 0 Å². The molecule has 1 aromatic carbocycles. The molecule has 29 heavy (non-hydrogen) atoms. The number of amides is 3. The lowest BCUT2D eigenvalue weighted by atomic mass is 10.1. The van der Waals surface area contributed by atoms with Crippen LogP contribution in [0.1, 0.15) is 32.1 Å². The fourth-order valence-electron chi connectivity index (χ4n) is 3.54. The van der Waals surface area contributed by atoms with Crippen LogP contribution < -0.4 is 10.6 Å². The van der Waals surface area contributed by atoms with Crippen LogP contribution in [-0.4, -0.2) is 58.7 Å². The number of para-hydroxylation sites is 1. The van der Waals surface area contributed by atoms with Crippen LogP contribution >= 0.6 is 11.8 Å². The van der Waals surface area contributed by atoms with E-state index in [1.165, 1.54) is 9.81 Å². The molecule has 0 saturated carbocycles. The maximum absolute atomic E-state index is 12.6. The first-order chi connectivity index (χ1) is 14.0. The van der Waals surface area contributed by atoms with Crippen molar-refractivity contribution in [1.82, 2.24) is 10.2 Å². The number of anilines is 1. The Hall–Kier alpha value is -2.32. The molecule has 0 aliphatic carbocycles.